The Labute approximate surface area is 130 Å². The summed E-state index contributed by atoms with van der Waals surface area (Å²) in [7, 11) is 0. The van der Waals surface area contributed by atoms with Gasteiger partial charge < -0.3 is 16.4 Å². The van der Waals surface area contributed by atoms with Crippen molar-refractivity contribution in [2.45, 2.75) is 6.92 Å². The number of nitrogens with two attached hydrogens (primary N) is 1. The van der Waals surface area contributed by atoms with Crippen LogP contribution in [0.1, 0.15) is 17.3 Å². The minimum atomic E-state index is -0.311. The van der Waals surface area contributed by atoms with E-state index < -0.39 is 0 Å². The summed E-state index contributed by atoms with van der Waals surface area (Å²) in [6.07, 6.45) is 0. The van der Waals surface area contributed by atoms with E-state index in [9.17, 15) is 9.59 Å². The standard InChI is InChI=1S/C15H14BrN3O2/c1-9(20)18-11-3-2-4-12(8-11)19-15(21)13-7-10(16)5-6-14(13)17/h2-8H,17H2,1H3,(H,18,20)(H,19,21). The molecule has 0 spiro atoms. The Kier molecular flexibility index (Phi) is 4.59. The van der Waals surface area contributed by atoms with E-state index in [2.05, 4.69) is 26.6 Å². The van der Waals surface area contributed by atoms with Gasteiger partial charge in [0.2, 0.25) is 5.91 Å². The number of carbonyl (C=O) groups is 2. The van der Waals surface area contributed by atoms with E-state index >= 15 is 0 Å². The van der Waals surface area contributed by atoms with E-state index in [1.165, 1.54) is 6.92 Å². The molecule has 0 aliphatic carbocycles. The van der Waals surface area contributed by atoms with Crippen molar-refractivity contribution in [3.05, 3.63) is 52.5 Å². The fraction of sp³-hybridized carbons (Fsp3) is 0.0667. The minimum absolute atomic E-state index is 0.172. The molecule has 0 saturated carbocycles. The molecule has 0 heterocycles. The van der Waals surface area contributed by atoms with Crippen LogP contribution in [0.25, 0.3) is 0 Å². The average Bonchev–Trinajstić information content (AvgIpc) is 2.41. The SMILES string of the molecule is CC(=O)Nc1cccc(NC(=O)c2cc(Br)ccc2N)c1. The molecule has 0 aromatic heterocycles. The first kappa shape index (κ1) is 15.1. The van der Waals surface area contributed by atoms with Gasteiger partial charge in [0.25, 0.3) is 5.91 Å². The number of anilines is 3. The molecule has 2 amide bonds. The summed E-state index contributed by atoms with van der Waals surface area (Å²) in [6.45, 7) is 1.42. The van der Waals surface area contributed by atoms with Crippen LogP contribution >= 0.6 is 15.9 Å². The van der Waals surface area contributed by atoms with Crippen molar-refractivity contribution in [2.75, 3.05) is 16.4 Å². The number of benzene rings is 2. The molecule has 0 saturated heterocycles. The van der Waals surface area contributed by atoms with Crippen molar-refractivity contribution >= 4 is 44.8 Å². The molecule has 2 aromatic carbocycles. The molecular weight excluding hydrogens is 334 g/mol. The highest BCUT2D eigenvalue weighted by Crippen LogP contribution is 2.21. The lowest BCUT2D eigenvalue weighted by molar-refractivity contribution is -0.114. The van der Waals surface area contributed by atoms with Crippen LogP contribution in [0.4, 0.5) is 17.1 Å². The van der Waals surface area contributed by atoms with E-state index in [-0.39, 0.29) is 11.8 Å². The van der Waals surface area contributed by atoms with Crippen LogP contribution in [0, 0.1) is 0 Å². The van der Waals surface area contributed by atoms with Gasteiger partial charge in [-0.05, 0) is 36.4 Å². The second-order valence-corrected chi connectivity index (χ2v) is 5.36. The van der Waals surface area contributed by atoms with Crippen LogP contribution in [0.15, 0.2) is 46.9 Å². The molecule has 108 valence electrons. The van der Waals surface area contributed by atoms with Crippen LogP contribution in [0.5, 0.6) is 0 Å². The fourth-order valence-electron chi connectivity index (χ4n) is 1.80. The second kappa shape index (κ2) is 6.41. The lowest BCUT2D eigenvalue weighted by Crippen LogP contribution is -2.14. The number of hydrogen-bond acceptors (Lipinski definition) is 3. The monoisotopic (exact) mass is 347 g/mol. The second-order valence-electron chi connectivity index (χ2n) is 4.45. The highest BCUT2D eigenvalue weighted by molar-refractivity contribution is 9.10. The molecule has 6 heteroatoms. The molecule has 0 bridgehead atoms. The van der Waals surface area contributed by atoms with Gasteiger partial charge in [0.05, 0.1) is 5.56 Å². The Hall–Kier alpha value is -2.34. The zero-order chi connectivity index (χ0) is 15.4. The zero-order valence-electron chi connectivity index (χ0n) is 11.3. The van der Waals surface area contributed by atoms with Crippen molar-refractivity contribution in [1.29, 1.82) is 0 Å². The molecule has 2 aromatic rings. The van der Waals surface area contributed by atoms with E-state index in [1.807, 2.05) is 0 Å². The van der Waals surface area contributed by atoms with Crippen molar-refractivity contribution in [3.63, 3.8) is 0 Å². The van der Waals surface area contributed by atoms with Gasteiger partial charge in [0.1, 0.15) is 0 Å². The number of hydrogen-bond donors (Lipinski definition) is 3. The zero-order valence-corrected chi connectivity index (χ0v) is 12.9. The number of halogens is 1. The lowest BCUT2D eigenvalue weighted by Gasteiger charge is -2.09. The van der Waals surface area contributed by atoms with E-state index in [1.54, 1.807) is 42.5 Å². The van der Waals surface area contributed by atoms with Gasteiger partial charge >= 0.3 is 0 Å². The number of rotatable bonds is 3. The molecule has 0 unspecified atom stereocenters. The minimum Gasteiger partial charge on any atom is -0.398 e. The third kappa shape index (κ3) is 4.06. The fourth-order valence-corrected chi connectivity index (χ4v) is 2.16. The maximum Gasteiger partial charge on any atom is 0.257 e. The Balaban J connectivity index is 2.19. The molecule has 4 N–H and O–H groups in total. The maximum atomic E-state index is 12.2. The van der Waals surface area contributed by atoms with Gasteiger partial charge in [0, 0.05) is 28.5 Å². The Morgan fingerprint density at radius 1 is 1.05 bits per heavy atom. The topological polar surface area (TPSA) is 84.2 Å². The first-order chi connectivity index (χ1) is 9.95. The predicted octanol–water partition coefficient (Wildman–Crippen LogP) is 3.24. The maximum absolute atomic E-state index is 12.2. The molecular formula is C15H14BrN3O2. The smallest absolute Gasteiger partial charge is 0.257 e. The molecule has 0 fully saturated rings. The third-order valence-electron chi connectivity index (χ3n) is 2.70. The first-order valence-corrected chi connectivity index (χ1v) is 6.99. The van der Waals surface area contributed by atoms with Gasteiger partial charge in [-0.3, -0.25) is 9.59 Å². The van der Waals surface area contributed by atoms with Gasteiger partial charge in [-0.2, -0.15) is 0 Å². The van der Waals surface area contributed by atoms with Gasteiger partial charge in [-0.1, -0.05) is 22.0 Å². The molecule has 0 aliphatic rings. The Morgan fingerprint density at radius 3 is 2.38 bits per heavy atom. The van der Waals surface area contributed by atoms with E-state index in [4.69, 9.17) is 5.73 Å². The first-order valence-electron chi connectivity index (χ1n) is 6.20. The van der Waals surface area contributed by atoms with Crippen LogP contribution in [0.3, 0.4) is 0 Å². The number of nitrogen functional groups attached to an aromatic ring is 1. The summed E-state index contributed by atoms with van der Waals surface area (Å²) in [5, 5.41) is 5.41. The van der Waals surface area contributed by atoms with Crippen molar-refractivity contribution in [3.8, 4) is 0 Å². The largest absolute Gasteiger partial charge is 0.398 e. The average molecular weight is 348 g/mol. The molecule has 2 rings (SSSR count). The number of amides is 2. The number of nitrogens with one attached hydrogen (secondary N) is 2. The van der Waals surface area contributed by atoms with Gasteiger partial charge in [-0.15, -0.1) is 0 Å². The quantitative estimate of drug-likeness (QED) is 0.745. The van der Waals surface area contributed by atoms with Gasteiger partial charge in [0.15, 0.2) is 0 Å². The summed E-state index contributed by atoms with van der Waals surface area (Å²) in [6, 6.07) is 12.0. The molecule has 0 atom stereocenters. The van der Waals surface area contributed by atoms with Crippen LogP contribution in [-0.4, -0.2) is 11.8 Å². The highest BCUT2D eigenvalue weighted by atomic mass is 79.9. The normalized spacial score (nSPS) is 10.0. The predicted molar refractivity (Wildman–Crippen MR) is 87.3 cm³/mol. The molecule has 5 nitrogen and oxygen atoms in total. The third-order valence-corrected chi connectivity index (χ3v) is 3.19. The highest BCUT2D eigenvalue weighted by Gasteiger charge is 2.11. The Bertz CT molecular complexity index is 701. The van der Waals surface area contributed by atoms with E-state index in [0.717, 1.165) is 4.47 Å². The molecule has 0 aliphatic heterocycles. The number of carbonyl (C=O) groups excluding carboxylic acids is 2. The van der Waals surface area contributed by atoms with Crippen molar-refractivity contribution in [1.82, 2.24) is 0 Å². The summed E-state index contributed by atoms with van der Waals surface area (Å²) < 4.78 is 0.772. The summed E-state index contributed by atoms with van der Waals surface area (Å²) in [5.74, 6) is -0.483. The molecule has 21 heavy (non-hydrogen) atoms. The van der Waals surface area contributed by atoms with Crippen LogP contribution in [-0.2, 0) is 4.79 Å². The van der Waals surface area contributed by atoms with Crippen LogP contribution in [0.2, 0.25) is 0 Å². The summed E-state index contributed by atoms with van der Waals surface area (Å²) in [5.41, 5.74) is 7.77. The summed E-state index contributed by atoms with van der Waals surface area (Å²) in [4.78, 5) is 23.3. The summed E-state index contributed by atoms with van der Waals surface area (Å²) >= 11 is 3.31. The van der Waals surface area contributed by atoms with Crippen LogP contribution < -0.4 is 16.4 Å². The van der Waals surface area contributed by atoms with Gasteiger partial charge in [-0.25, -0.2) is 0 Å². The van der Waals surface area contributed by atoms with Crippen molar-refractivity contribution < 1.29 is 9.59 Å². The molecule has 0 radical (unpaired) electrons. The Morgan fingerprint density at radius 2 is 1.71 bits per heavy atom. The van der Waals surface area contributed by atoms with Crippen molar-refractivity contribution in [2.24, 2.45) is 0 Å². The van der Waals surface area contributed by atoms with E-state index in [0.29, 0.717) is 22.6 Å². The lowest BCUT2D eigenvalue weighted by atomic mass is 10.1.